The number of hydrogen-bond donors (Lipinski definition) is 1. The Hall–Kier alpha value is -2.72. The summed E-state index contributed by atoms with van der Waals surface area (Å²) in [5.41, 5.74) is 1.85. The van der Waals surface area contributed by atoms with Crippen LogP contribution in [0.2, 0.25) is 0 Å². The van der Waals surface area contributed by atoms with Crippen molar-refractivity contribution in [3.05, 3.63) is 33.9 Å². The number of nitrogens with one attached hydrogen (secondary N) is 1. The fourth-order valence-corrected chi connectivity index (χ4v) is 5.83. The first-order valence-corrected chi connectivity index (χ1v) is 12.4. The third kappa shape index (κ3) is 4.74. The van der Waals surface area contributed by atoms with Gasteiger partial charge in [-0.05, 0) is 43.7 Å². The predicted octanol–water partition coefficient (Wildman–Crippen LogP) is 1.18. The molecule has 2 amide bonds. The van der Waals surface area contributed by atoms with Crippen LogP contribution in [0.25, 0.3) is 0 Å². The van der Waals surface area contributed by atoms with Crippen molar-refractivity contribution in [1.29, 1.82) is 0 Å². The molecule has 4 heterocycles. The first-order chi connectivity index (χ1) is 16.5. The van der Waals surface area contributed by atoms with Crippen LogP contribution in [0.5, 0.6) is 0 Å². The van der Waals surface area contributed by atoms with Gasteiger partial charge in [-0.15, -0.1) is 0 Å². The van der Waals surface area contributed by atoms with Crippen LogP contribution in [0.4, 0.5) is 11.4 Å². The van der Waals surface area contributed by atoms with Crippen molar-refractivity contribution in [1.82, 2.24) is 15.1 Å². The lowest BCUT2D eigenvalue weighted by Gasteiger charge is -2.49. The second-order valence-electron chi connectivity index (χ2n) is 9.84. The topological polar surface area (TPSA) is 108 Å². The fraction of sp³-hybridized carbons (Fsp3) is 0.667. The molecule has 3 saturated heterocycles. The third-order valence-electron chi connectivity index (χ3n) is 7.67. The maximum absolute atomic E-state index is 13.4. The summed E-state index contributed by atoms with van der Waals surface area (Å²) >= 11 is 0. The molecule has 34 heavy (non-hydrogen) atoms. The lowest BCUT2D eigenvalue weighted by Crippen LogP contribution is -2.62. The van der Waals surface area contributed by atoms with Crippen LogP contribution in [-0.4, -0.2) is 91.1 Å². The van der Waals surface area contributed by atoms with E-state index in [1.54, 1.807) is 6.07 Å². The highest BCUT2D eigenvalue weighted by Crippen LogP contribution is 2.38. The van der Waals surface area contributed by atoms with Gasteiger partial charge in [-0.25, -0.2) is 0 Å². The number of likely N-dealkylation sites (tertiary alicyclic amines) is 1. The summed E-state index contributed by atoms with van der Waals surface area (Å²) in [6, 6.07) is 4.87. The molecular formula is C24H33N5O5. The zero-order valence-electron chi connectivity index (χ0n) is 19.5. The number of anilines is 1. The Labute approximate surface area is 199 Å². The summed E-state index contributed by atoms with van der Waals surface area (Å²) in [6.07, 6.45) is 4.59. The molecule has 0 aliphatic carbocycles. The van der Waals surface area contributed by atoms with Gasteiger partial charge in [-0.3, -0.25) is 24.6 Å². The molecule has 0 bridgehead atoms. The standard InChI is InChI=1S/C24H33N5O5/c30-23(27-7-1-2-8-27)16-26-9-10-28-21-6-5-18(29(32)33)12-17(21)13-20(22(28)15-26)24(31)25-14-19-4-3-11-34-19/h5-6,12,19-20,22H,1-4,7-11,13-16H2,(H,25,31)/t19-,20+,22+/m0/s1. The van der Waals surface area contributed by atoms with E-state index in [0.717, 1.165) is 63.2 Å². The SMILES string of the molecule is O=C(NC[C@@H]1CCCO1)[C@@H]1Cc2cc([N+](=O)[O-])ccc2N2CCN(CC(=O)N3CCCC3)C[C@H]12. The van der Waals surface area contributed by atoms with E-state index in [-0.39, 0.29) is 40.5 Å². The Morgan fingerprint density at radius 3 is 2.71 bits per heavy atom. The van der Waals surface area contributed by atoms with Gasteiger partial charge >= 0.3 is 0 Å². The van der Waals surface area contributed by atoms with Gasteiger partial charge in [0.1, 0.15) is 0 Å². The van der Waals surface area contributed by atoms with Crippen LogP contribution in [0, 0.1) is 16.0 Å². The largest absolute Gasteiger partial charge is 0.376 e. The predicted molar refractivity (Wildman–Crippen MR) is 126 cm³/mol. The summed E-state index contributed by atoms with van der Waals surface area (Å²) in [5, 5.41) is 14.4. The number of piperazine rings is 1. The second-order valence-corrected chi connectivity index (χ2v) is 9.84. The molecule has 0 saturated carbocycles. The number of amides is 2. The number of nitrogens with zero attached hydrogens (tertiary/aromatic N) is 4. The molecule has 4 aliphatic rings. The van der Waals surface area contributed by atoms with Crippen molar-refractivity contribution in [2.75, 3.05) is 57.3 Å². The lowest BCUT2D eigenvalue weighted by atomic mass is 9.83. The van der Waals surface area contributed by atoms with Gasteiger partial charge in [-0.2, -0.15) is 0 Å². The maximum Gasteiger partial charge on any atom is 0.269 e. The Balaban J connectivity index is 1.34. The number of rotatable bonds is 6. The zero-order chi connectivity index (χ0) is 23.7. The molecule has 0 radical (unpaired) electrons. The highest BCUT2D eigenvalue weighted by molar-refractivity contribution is 5.82. The van der Waals surface area contributed by atoms with E-state index < -0.39 is 0 Å². The monoisotopic (exact) mass is 471 g/mol. The van der Waals surface area contributed by atoms with Crippen molar-refractivity contribution < 1.29 is 19.2 Å². The molecule has 3 atom stereocenters. The summed E-state index contributed by atoms with van der Waals surface area (Å²) in [7, 11) is 0. The Morgan fingerprint density at radius 2 is 1.97 bits per heavy atom. The number of fused-ring (bicyclic) bond motifs is 3. The molecule has 184 valence electrons. The van der Waals surface area contributed by atoms with Gasteiger partial charge in [-0.1, -0.05) is 0 Å². The van der Waals surface area contributed by atoms with Crippen molar-refractivity contribution >= 4 is 23.2 Å². The molecule has 10 nitrogen and oxygen atoms in total. The zero-order valence-corrected chi connectivity index (χ0v) is 19.5. The van der Waals surface area contributed by atoms with E-state index in [1.807, 2.05) is 11.0 Å². The van der Waals surface area contributed by atoms with Crippen molar-refractivity contribution in [2.24, 2.45) is 5.92 Å². The minimum Gasteiger partial charge on any atom is -0.376 e. The molecule has 5 rings (SSSR count). The van der Waals surface area contributed by atoms with Crippen molar-refractivity contribution in [3.8, 4) is 0 Å². The molecule has 1 aromatic rings. The van der Waals surface area contributed by atoms with Crippen LogP contribution < -0.4 is 10.2 Å². The van der Waals surface area contributed by atoms with Crippen LogP contribution in [0.1, 0.15) is 31.2 Å². The van der Waals surface area contributed by atoms with E-state index in [1.165, 1.54) is 6.07 Å². The molecule has 3 fully saturated rings. The molecule has 10 heteroatoms. The smallest absolute Gasteiger partial charge is 0.269 e. The highest BCUT2D eigenvalue weighted by atomic mass is 16.6. The number of benzene rings is 1. The molecule has 0 aromatic heterocycles. The third-order valence-corrected chi connectivity index (χ3v) is 7.67. The number of carbonyl (C=O) groups excluding carboxylic acids is 2. The number of ether oxygens (including phenoxy) is 1. The molecule has 0 unspecified atom stereocenters. The quantitative estimate of drug-likeness (QED) is 0.490. The van der Waals surface area contributed by atoms with Crippen LogP contribution in [0.3, 0.4) is 0 Å². The fourth-order valence-electron chi connectivity index (χ4n) is 5.83. The van der Waals surface area contributed by atoms with E-state index in [4.69, 9.17) is 4.74 Å². The molecule has 1 N–H and O–H groups in total. The van der Waals surface area contributed by atoms with Gasteiger partial charge in [0.25, 0.3) is 5.69 Å². The Kier molecular flexibility index (Phi) is 6.69. The number of nitro groups is 1. The minimum absolute atomic E-state index is 0.0459. The van der Waals surface area contributed by atoms with E-state index in [2.05, 4.69) is 15.1 Å². The summed E-state index contributed by atoms with van der Waals surface area (Å²) in [5.74, 6) is -0.229. The summed E-state index contributed by atoms with van der Waals surface area (Å²) in [6.45, 7) is 5.29. The minimum atomic E-state index is -0.388. The average Bonchev–Trinajstić information content (AvgIpc) is 3.56. The Bertz CT molecular complexity index is 944. The number of hydrogen-bond acceptors (Lipinski definition) is 7. The second kappa shape index (κ2) is 9.87. The van der Waals surface area contributed by atoms with Crippen LogP contribution in [-0.2, 0) is 20.7 Å². The van der Waals surface area contributed by atoms with E-state index in [0.29, 0.717) is 32.6 Å². The highest BCUT2D eigenvalue weighted by Gasteiger charge is 2.42. The van der Waals surface area contributed by atoms with E-state index >= 15 is 0 Å². The van der Waals surface area contributed by atoms with Crippen LogP contribution >= 0.6 is 0 Å². The average molecular weight is 472 g/mol. The summed E-state index contributed by atoms with van der Waals surface area (Å²) < 4.78 is 5.65. The van der Waals surface area contributed by atoms with Crippen LogP contribution in [0.15, 0.2) is 18.2 Å². The molecule has 4 aliphatic heterocycles. The number of nitro benzene ring substituents is 1. The lowest BCUT2D eigenvalue weighted by molar-refractivity contribution is -0.384. The molecular weight excluding hydrogens is 438 g/mol. The molecule has 0 spiro atoms. The van der Waals surface area contributed by atoms with Gasteiger partial charge < -0.3 is 19.9 Å². The van der Waals surface area contributed by atoms with Gasteiger partial charge in [0, 0.05) is 63.7 Å². The Morgan fingerprint density at radius 1 is 1.15 bits per heavy atom. The van der Waals surface area contributed by atoms with Gasteiger partial charge in [0.05, 0.1) is 29.5 Å². The van der Waals surface area contributed by atoms with Crippen molar-refractivity contribution in [3.63, 3.8) is 0 Å². The first kappa shape index (κ1) is 23.0. The van der Waals surface area contributed by atoms with E-state index in [9.17, 15) is 19.7 Å². The number of non-ortho nitro benzene ring substituents is 1. The van der Waals surface area contributed by atoms with Gasteiger partial charge in [0.15, 0.2) is 0 Å². The summed E-state index contributed by atoms with van der Waals surface area (Å²) in [4.78, 5) is 43.4. The first-order valence-electron chi connectivity index (χ1n) is 12.4. The maximum atomic E-state index is 13.4. The van der Waals surface area contributed by atoms with Crippen molar-refractivity contribution in [2.45, 2.75) is 44.2 Å². The normalized spacial score (nSPS) is 26.8. The molecule has 1 aromatic carbocycles. The number of carbonyl (C=O) groups is 2. The van der Waals surface area contributed by atoms with Gasteiger partial charge in [0.2, 0.25) is 11.8 Å².